The molecule has 0 spiro atoms. The van der Waals surface area contributed by atoms with E-state index in [1.54, 1.807) is 6.92 Å². The number of Topliss-reactive ketones (excluding diaryl/α,β-unsaturated/α-hetero) is 1. The molecule has 0 radical (unpaired) electrons. The van der Waals surface area contributed by atoms with Gasteiger partial charge in [0.15, 0.2) is 0 Å². The highest BCUT2D eigenvalue weighted by molar-refractivity contribution is 9.10. The predicted molar refractivity (Wildman–Crippen MR) is 49.4 cm³/mol. The monoisotopic (exact) mass is 236 g/mol. The van der Waals surface area contributed by atoms with Gasteiger partial charge in [-0.1, -0.05) is 36.7 Å². The van der Waals surface area contributed by atoms with Crippen molar-refractivity contribution in [2.24, 2.45) is 5.92 Å². The number of carbonyl (C=O) groups excluding carboxylic acids is 1. The summed E-state index contributed by atoms with van der Waals surface area (Å²) in [6.07, 6.45) is 0.482. The van der Waals surface area contributed by atoms with Crippen molar-refractivity contribution in [3.63, 3.8) is 0 Å². The van der Waals surface area contributed by atoms with Crippen LogP contribution in [0.5, 0.6) is 0 Å². The maximum Gasteiger partial charge on any atom is 0.373 e. The Hall–Kier alpha value is -0.380. The fraction of sp³-hybridized carbons (Fsp3) is 0.750. The number of hydrogen-bond donors (Lipinski definition) is 1. The molecule has 12 heavy (non-hydrogen) atoms. The second-order valence-electron chi connectivity index (χ2n) is 3.00. The lowest BCUT2D eigenvalue weighted by Gasteiger charge is -2.26. The Morgan fingerprint density at radius 1 is 1.50 bits per heavy atom. The van der Waals surface area contributed by atoms with Crippen LogP contribution in [0.2, 0.25) is 0 Å². The van der Waals surface area contributed by atoms with Crippen molar-refractivity contribution in [2.45, 2.75) is 31.5 Å². The van der Waals surface area contributed by atoms with E-state index in [1.165, 1.54) is 0 Å². The average Bonchev–Trinajstić information content (AvgIpc) is 2.01. The minimum atomic E-state index is -1.37. The summed E-state index contributed by atoms with van der Waals surface area (Å²) >= 11 is 3.18. The van der Waals surface area contributed by atoms with Gasteiger partial charge in [-0.15, -0.1) is 0 Å². The predicted octanol–water partition coefficient (Wildman–Crippen LogP) is 1.84. The second kappa shape index (κ2) is 4.03. The highest BCUT2D eigenvalue weighted by Gasteiger charge is 2.40. The smallest absolute Gasteiger partial charge is 0.373 e. The third-order valence-electron chi connectivity index (χ3n) is 2.00. The van der Waals surface area contributed by atoms with E-state index >= 15 is 0 Å². The van der Waals surface area contributed by atoms with E-state index in [1.807, 2.05) is 13.8 Å². The molecule has 0 saturated carbocycles. The lowest BCUT2D eigenvalue weighted by atomic mass is 9.89. The van der Waals surface area contributed by atoms with Crippen molar-refractivity contribution in [3.05, 3.63) is 0 Å². The van der Waals surface area contributed by atoms with Crippen molar-refractivity contribution in [1.82, 2.24) is 0 Å². The molecule has 0 bridgehead atoms. The Morgan fingerprint density at radius 2 is 1.92 bits per heavy atom. The van der Waals surface area contributed by atoms with E-state index in [2.05, 4.69) is 15.9 Å². The van der Waals surface area contributed by atoms with E-state index in [-0.39, 0.29) is 5.92 Å². The zero-order chi connectivity index (χ0) is 9.94. The maximum atomic E-state index is 11.2. The lowest BCUT2D eigenvalue weighted by molar-refractivity contribution is -0.150. The van der Waals surface area contributed by atoms with Crippen LogP contribution in [0.15, 0.2) is 0 Å². The molecule has 70 valence electrons. The van der Waals surface area contributed by atoms with Gasteiger partial charge in [0.05, 0.1) is 4.32 Å². The molecule has 0 aliphatic heterocycles. The molecule has 0 saturated heterocycles. The quantitative estimate of drug-likeness (QED) is 0.599. The van der Waals surface area contributed by atoms with Crippen LogP contribution in [0.25, 0.3) is 0 Å². The van der Waals surface area contributed by atoms with E-state index in [0.29, 0.717) is 6.42 Å². The summed E-state index contributed by atoms with van der Waals surface area (Å²) < 4.78 is -0.904. The number of rotatable bonds is 4. The largest absolute Gasteiger partial charge is 0.475 e. The minimum absolute atomic E-state index is 0.0221. The van der Waals surface area contributed by atoms with Crippen LogP contribution in [0.4, 0.5) is 0 Å². The van der Waals surface area contributed by atoms with Gasteiger partial charge in [0, 0.05) is 0 Å². The molecule has 0 aromatic rings. The van der Waals surface area contributed by atoms with Gasteiger partial charge < -0.3 is 5.11 Å². The van der Waals surface area contributed by atoms with Crippen LogP contribution in [-0.4, -0.2) is 21.2 Å². The first-order valence-corrected chi connectivity index (χ1v) is 4.62. The maximum absolute atomic E-state index is 11.2. The van der Waals surface area contributed by atoms with Crippen molar-refractivity contribution >= 4 is 27.7 Å². The van der Waals surface area contributed by atoms with Crippen LogP contribution in [0.3, 0.4) is 0 Å². The number of aliphatic carboxylic acids is 1. The van der Waals surface area contributed by atoms with Crippen LogP contribution in [0, 0.1) is 5.92 Å². The molecule has 1 unspecified atom stereocenters. The minimum Gasteiger partial charge on any atom is -0.475 e. The second-order valence-corrected chi connectivity index (χ2v) is 4.42. The standard InChI is InChI=1S/C8H13BrO3/c1-4-8(9,5(2)3)6(10)7(11)12/h5H,4H2,1-3H3,(H,11,12). The molecule has 0 aliphatic carbocycles. The Bertz CT molecular complexity index is 200. The lowest BCUT2D eigenvalue weighted by Crippen LogP contribution is -2.41. The average molecular weight is 237 g/mol. The molecule has 1 atom stereocenters. The first-order chi connectivity index (χ1) is 5.36. The third kappa shape index (κ3) is 2.06. The fourth-order valence-corrected chi connectivity index (χ4v) is 1.18. The molecule has 0 fully saturated rings. The first-order valence-electron chi connectivity index (χ1n) is 3.82. The third-order valence-corrected chi connectivity index (χ3v) is 3.84. The Balaban J connectivity index is 4.76. The van der Waals surface area contributed by atoms with Crippen LogP contribution >= 0.6 is 15.9 Å². The molecule has 3 nitrogen and oxygen atoms in total. The van der Waals surface area contributed by atoms with Gasteiger partial charge in [0.2, 0.25) is 0 Å². The first kappa shape index (κ1) is 11.6. The molecular weight excluding hydrogens is 224 g/mol. The number of halogens is 1. The summed E-state index contributed by atoms with van der Waals surface area (Å²) in [5.74, 6) is -2.16. The normalized spacial score (nSPS) is 15.8. The molecular formula is C8H13BrO3. The van der Waals surface area contributed by atoms with Gasteiger partial charge in [-0.2, -0.15) is 0 Å². The van der Waals surface area contributed by atoms with E-state index < -0.39 is 16.1 Å². The molecule has 1 N–H and O–H groups in total. The van der Waals surface area contributed by atoms with Crippen molar-refractivity contribution in [3.8, 4) is 0 Å². The van der Waals surface area contributed by atoms with Gasteiger partial charge in [-0.25, -0.2) is 4.79 Å². The number of alkyl halides is 1. The summed E-state index contributed by atoms with van der Waals surface area (Å²) in [6, 6.07) is 0. The molecule has 4 heteroatoms. The van der Waals surface area contributed by atoms with E-state index in [0.717, 1.165) is 0 Å². The van der Waals surface area contributed by atoms with Crippen LogP contribution in [-0.2, 0) is 9.59 Å². The molecule has 0 aromatic heterocycles. The molecule has 0 aliphatic rings. The van der Waals surface area contributed by atoms with Crippen molar-refractivity contribution in [2.75, 3.05) is 0 Å². The summed E-state index contributed by atoms with van der Waals surface area (Å²) in [5, 5.41) is 8.52. The zero-order valence-electron chi connectivity index (χ0n) is 7.43. The van der Waals surface area contributed by atoms with Gasteiger partial charge in [0.25, 0.3) is 5.78 Å². The molecule has 0 amide bonds. The SMILES string of the molecule is CCC(Br)(C(=O)C(=O)O)C(C)C. The number of carboxylic acid groups (broad SMARTS) is 1. The van der Waals surface area contributed by atoms with E-state index in [4.69, 9.17) is 5.11 Å². The molecule has 0 heterocycles. The fourth-order valence-electron chi connectivity index (χ4n) is 1.01. The van der Waals surface area contributed by atoms with Gasteiger partial charge >= 0.3 is 5.97 Å². The number of ketones is 1. The van der Waals surface area contributed by atoms with Crippen LogP contribution in [0.1, 0.15) is 27.2 Å². The molecule has 0 aromatic carbocycles. The molecule has 0 rings (SSSR count). The topological polar surface area (TPSA) is 54.4 Å². The van der Waals surface area contributed by atoms with Crippen LogP contribution < -0.4 is 0 Å². The number of carboxylic acids is 1. The van der Waals surface area contributed by atoms with Gasteiger partial charge in [-0.3, -0.25) is 4.79 Å². The van der Waals surface area contributed by atoms with Crippen molar-refractivity contribution in [1.29, 1.82) is 0 Å². The summed E-state index contributed by atoms with van der Waals surface area (Å²) in [7, 11) is 0. The highest BCUT2D eigenvalue weighted by atomic mass is 79.9. The highest BCUT2D eigenvalue weighted by Crippen LogP contribution is 2.32. The zero-order valence-corrected chi connectivity index (χ0v) is 9.01. The van der Waals surface area contributed by atoms with E-state index in [9.17, 15) is 9.59 Å². The van der Waals surface area contributed by atoms with Gasteiger partial charge in [0.1, 0.15) is 0 Å². The van der Waals surface area contributed by atoms with Gasteiger partial charge in [-0.05, 0) is 12.3 Å². The Morgan fingerprint density at radius 3 is 2.00 bits per heavy atom. The van der Waals surface area contributed by atoms with Crippen molar-refractivity contribution < 1.29 is 14.7 Å². The number of carbonyl (C=O) groups is 2. The summed E-state index contributed by atoms with van der Waals surface area (Å²) in [4.78, 5) is 21.6. The summed E-state index contributed by atoms with van der Waals surface area (Å²) in [5.41, 5.74) is 0. The summed E-state index contributed by atoms with van der Waals surface area (Å²) in [6.45, 7) is 5.42. The Kier molecular flexibility index (Phi) is 3.90. The Labute approximate surface area is 80.3 Å². The number of hydrogen-bond acceptors (Lipinski definition) is 2.